The molecule has 1 aromatic carbocycles. The topological polar surface area (TPSA) is 46.3 Å². The Morgan fingerprint density at radius 2 is 2.16 bits per heavy atom. The summed E-state index contributed by atoms with van der Waals surface area (Å²) in [5, 5.41) is 0. The minimum absolute atomic E-state index is 0.0456. The molecule has 19 heavy (non-hydrogen) atoms. The van der Waals surface area contributed by atoms with Crippen molar-refractivity contribution >= 4 is 5.91 Å². The van der Waals surface area contributed by atoms with E-state index in [1.807, 2.05) is 32.2 Å². The van der Waals surface area contributed by atoms with Gasteiger partial charge in [-0.05, 0) is 31.0 Å². The Kier molecular flexibility index (Phi) is 6.11. The van der Waals surface area contributed by atoms with Crippen molar-refractivity contribution in [2.45, 2.75) is 26.7 Å². The van der Waals surface area contributed by atoms with Crippen molar-refractivity contribution in [3.05, 3.63) is 34.9 Å². The van der Waals surface area contributed by atoms with Gasteiger partial charge in [0, 0.05) is 24.7 Å². The summed E-state index contributed by atoms with van der Waals surface area (Å²) in [6, 6.07) is 5.64. The zero-order valence-corrected chi connectivity index (χ0v) is 12.0. The van der Waals surface area contributed by atoms with Crippen LogP contribution in [-0.4, -0.2) is 30.9 Å². The normalized spacial score (nSPS) is 9.68. The van der Waals surface area contributed by atoms with Crippen molar-refractivity contribution in [2.75, 3.05) is 20.1 Å². The highest BCUT2D eigenvalue weighted by molar-refractivity contribution is 5.94. The van der Waals surface area contributed by atoms with Gasteiger partial charge in [-0.3, -0.25) is 4.79 Å². The summed E-state index contributed by atoms with van der Waals surface area (Å²) in [6.07, 6.45) is 2.10. The third kappa shape index (κ3) is 4.42. The molecule has 0 aliphatic heterocycles. The first-order chi connectivity index (χ1) is 9.10. The molecule has 0 radical (unpaired) electrons. The molecule has 1 amide bonds. The Labute approximate surface area is 115 Å². The van der Waals surface area contributed by atoms with E-state index in [0.29, 0.717) is 12.1 Å². The first-order valence-corrected chi connectivity index (χ1v) is 6.65. The average molecular weight is 258 g/mol. The van der Waals surface area contributed by atoms with E-state index in [1.54, 1.807) is 4.90 Å². The molecular weight excluding hydrogens is 236 g/mol. The van der Waals surface area contributed by atoms with Crippen LogP contribution in [0.2, 0.25) is 0 Å². The molecule has 0 saturated carbocycles. The van der Waals surface area contributed by atoms with Gasteiger partial charge in [-0.25, -0.2) is 0 Å². The van der Waals surface area contributed by atoms with Gasteiger partial charge in [0.05, 0.1) is 6.54 Å². The predicted molar refractivity (Wildman–Crippen MR) is 79.0 cm³/mol. The summed E-state index contributed by atoms with van der Waals surface area (Å²) in [5.41, 5.74) is 8.00. The molecule has 0 saturated heterocycles. The van der Waals surface area contributed by atoms with Crippen molar-refractivity contribution in [1.82, 2.24) is 4.90 Å². The van der Waals surface area contributed by atoms with Gasteiger partial charge in [0.25, 0.3) is 5.91 Å². The Balaban J connectivity index is 2.92. The fourth-order valence-electron chi connectivity index (χ4n) is 1.75. The van der Waals surface area contributed by atoms with Gasteiger partial charge >= 0.3 is 0 Å². The van der Waals surface area contributed by atoms with Crippen molar-refractivity contribution < 1.29 is 4.79 Å². The second kappa shape index (κ2) is 7.60. The molecule has 0 unspecified atom stereocenters. The largest absolute Gasteiger partial charge is 0.342 e. The summed E-state index contributed by atoms with van der Waals surface area (Å²) in [5.74, 6) is 5.88. The van der Waals surface area contributed by atoms with E-state index in [-0.39, 0.29) is 5.91 Å². The molecule has 0 heterocycles. The number of hydrogen-bond donors (Lipinski definition) is 1. The standard InChI is InChI=1S/C16H22N2O/c1-4-5-11-18(3)16(19)15-9-8-13(2)14(12-15)7-6-10-17/h8-9,12H,4-5,10-11,17H2,1-3H3. The molecule has 0 bridgehead atoms. The minimum atomic E-state index is 0.0456. The summed E-state index contributed by atoms with van der Waals surface area (Å²) >= 11 is 0. The van der Waals surface area contributed by atoms with Crippen molar-refractivity contribution in [2.24, 2.45) is 5.73 Å². The third-order valence-electron chi connectivity index (χ3n) is 3.00. The zero-order valence-electron chi connectivity index (χ0n) is 12.0. The van der Waals surface area contributed by atoms with Crippen molar-refractivity contribution in [1.29, 1.82) is 0 Å². The van der Waals surface area contributed by atoms with E-state index in [0.717, 1.165) is 30.5 Å². The number of hydrogen-bond acceptors (Lipinski definition) is 2. The van der Waals surface area contributed by atoms with E-state index < -0.39 is 0 Å². The Morgan fingerprint density at radius 3 is 2.79 bits per heavy atom. The summed E-state index contributed by atoms with van der Waals surface area (Å²) < 4.78 is 0. The third-order valence-corrected chi connectivity index (χ3v) is 3.00. The fourth-order valence-corrected chi connectivity index (χ4v) is 1.75. The second-order valence-electron chi connectivity index (χ2n) is 4.62. The maximum Gasteiger partial charge on any atom is 0.253 e. The van der Waals surface area contributed by atoms with Crippen LogP contribution in [-0.2, 0) is 0 Å². The number of nitrogens with two attached hydrogens (primary N) is 1. The van der Waals surface area contributed by atoms with Gasteiger partial charge < -0.3 is 10.6 Å². The Morgan fingerprint density at radius 1 is 1.42 bits per heavy atom. The van der Waals surface area contributed by atoms with Crippen LogP contribution in [0.4, 0.5) is 0 Å². The highest BCUT2D eigenvalue weighted by Crippen LogP contribution is 2.12. The maximum absolute atomic E-state index is 12.2. The number of carbonyl (C=O) groups is 1. The molecule has 0 aliphatic carbocycles. The lowest BCUT2D eigenvalue weighted by Gasteiger charge is -2.17. The summed E-state index contributed by atoms with van der Waals surface area (Å²) in [7, 11) is 1.84. The van der Waals surface area contributed by atoms with Crippen molar-refractivity contribution in [3.63, 3.8) is 0 Å². The number of unbranched alkanes of at least 4 members (excludes halogenated alkanes) is 1. The fraction of sp³-hybridized carbons (Fsp3) is 0.438. The van der Waals surface area contributed by atoms with Crippen LogP contribution in [0.25, 0.3) is 0 Å². The molecule has 102 valence electrons. The molecule has 2 N–H and O–H groups in total. The second-order valence-corrected chi connectivity index (χ2v) is 4.62. The molecule has 1 aromatic rings. The lowest BCUT2D eigenvalue weighted by atomic mass is 10.0. The van der Waals surface area contributed by atoms with E-state index in [9.17, 15) is 4.79 Å². The molecule has 3 heteroatoms. The van der Waals surface area contributed by atoms with E-state index in [2.05, 4.69) is 18.8 Å². The number of amides is 1. The SMILES string of the molecule is CCCCN(C)C(=O)c1ccc(C)c(C#CCN)c1. The molecule has 3 nitrogen and oxygen atoms in total. The summed E-state index contributed by atoms with van der Waals surface area (Å²) in [4.78, 5) is 14.0. The van der Waals surface area contributed by atoms with E-state index in [1.165, 1.54) is 0 Å². The minimum Gasteiger partial charge on any atom is -0.342 e. The molecule has 0 aliphatic rings. The number of aryl methyl sites for hydroxylation is 1. The number of benzene rings is 1. The quantitative estimate of drug-likeness (QED) is 0.841. The van der Waals surface area contributed by atoms with Gasteiger partial charge in [-0.15, -0.1) is 0 Å². The lowest BCUT2D eigenvalue weighted by molar-refractivity contribution is 0.0793. The number of carbonyl (C=O) groups excluding carboxylic acids is 1. The van der Waals surface area contributed by atoms with Gasteiger partial charge in [-0.2, -0.15) is 0 Å². The highest BCUT2D eigenvalue weighted by atomic mass is 16.2. The van der Waals surface area contributed by atoms with E-state index in [4.69, 9.17) is 5.73 Å². The van der Waals surface area contributed by atoms with Crippen LogP contribution in [0.5, 0.6) is 0 Å². The molecular formula is C16H22N2O. The smallest absolute Gasteiger partial charge is 0.253 e. The zero-order chi connectivity index (χ0) is 14.3. The predicted octanol–water partition coefficient (Wildman–Crippen LogP) is 2.18. The van der Waals surface area contributed by atoms with Gasteiger partial charge in [0.2, 0.25) is 0 Å². The van der Waals surface area contributed by atoms with Crippen LogP contribution in [0.15, 0.2) is 18.2 Å². The number of rotatable bonds is 4. The maximum atomic E-state index is 12.2. The van der Waals surface area contributed by atoms with Gasteiger partial charge in [0.1, 0.15) is 0 Å². The monoisotopic (exact) mass is 258 g/mol. The van der Waals surface area contributed by atoms with Crippen LogP contribution in [0.1, 0.15) is 41.3 Å². The van der Waals surface area contributed by atoms with Gasteiger partial charge in [-0.1, -0.05) is 31.3 Å². The molecule has 0 aromatic heterocycles. The molecule has 1 rings (SSSR count). The van der Waals surface area contributed by atoms with Gasteiger partial charge in [0.15, 0.2) is 0 Å². The van der Waals surface area contributed by atoms with Crippen LogP contribution in [0.3, 0.4) is 0 Å². The lowest BCUT2D eigenvalue weighted by Crippen LogP contribution is -2.27. The molecule has 0 spiro atoms. The first kappa shape index (κ1) is 15.3. The Bertz CT molecular complexity index is 497. The highest BCUT2D eigenvalue weighted by Gasteiger charge is 2.11. The van der Waals surface area contributed by atoms with E-state index >= 15 is 0 Å². The van der Waals surface area contributed by atoms with Crippen LogP contribution < -0.4 is 5.73 Å². The Hall–Kier alpha value is -1.79. The molecule has 0 fully saturated rings. The summed E-state index contributed by atoms with van der Waals surface area (Å²) in [6.45, 7) is 5.21. The van der Waals surface area contributed by atoms with Crippen LogP contribution >= 0.6 is 0 Å². The number of nitrogens with zero attached hydrogens (tertiary/aromatic N) is 1. The van der Waals surface area contributed by atoms with Crippen LogP contribution in [0, 0.1) is 18.8 Å². The first-order valence-electron chi connectivity index (χ1n) is 6.65. The van der Waals surface area contributed by atoms with Crippen molar-refractivity contribution in [3.8, 4) is 11.8 Å². The molecule has 0 atom stereocenters. The average Bonchev–Trinajstić information content (AvgIpc) is 2.43.